The zero-order valence-corrected chi connectivity index (χ0v) is 14.6. The lowest BCUT2D eigenvalue weighted by atomic mass is 9.79. The van der Waals surface area contributed by atoms with Crippen molar-refractivity contribution in [2.75, 3.05) is 32.8 Å². The predicted octanol–water partition coefficient (Wildman–Crippen LogP) is 3.24. The molecule has 1 heterocycles. The fourth-order valence-electron chi connectivity index (χ4n) is 3.86. The summed E-state index contributed by atoms with van der Waals surface area (Å²) in [5, 5.41) is 3.32. The molecule has 6 heteroatoms. The summed E-state index contributed by atoms with van der Waals surface area (Å²) in [5.74, 6) is -0.936. The van der Waals surface area contributed by atoms with Crippen molar-refractivity contribution in [1.29, 1.82) is 0 Å². The third kappa shape index (κ3) is 3.90. The normalized spacial score (nSPS) is 21.4. The van der Waals surface area contributed by atoms with Crippen molar-refractivity contribution in [3.05, 3.63) is 34.6 Å². The zero-order chi connectivity index (χ0) is 17.0. The van der Waals surface area contributed by atoms with E-state index in [1.54, 1.807) is 0 Å². The minimum Gasteiger partial charge on any atom is -0.379 e. The van der Waals surface area contributed by atoms with Crippen LogP contribution < -0.4 is 5.32 Å². The van der Waals surface area contributed by atoms with Crippen LogP contribution in [-0.4, -0.2) is 49.2 Å². The van der Waals surface area contributed by atoms with E-state index in [1.807, 2.05) is 0 Å². The lowest BCUT2D eigenvalue weighted by Crippen LogP contribution is -2.59. The molecular formula is C18H24ClFN2O2. The van der Waals surface area contributed by atoms with Crippen LogP contribution in [0.3, 0.4) is 0 Å². The molecule has 24 heavy (non-hydrogen) atoms. The van der Waals surface area contributed by atoms with Crippen LogP contribution in [-0.2, 0) is 4.74 Å². The van der Waals surface area contributed by atoms with Crippen LogP contribution in [0, 0.1) is 5.82 Å². The van der Waals surface area contributed by atoms with Gasteiger partial charge in [-0.15, -0.1) is 0 Å². The summed E-state index contributed by atoms with van der Waals surface area (Å²) in [6, 6.07) is 4.06. The van der Waals surface area contributed by atoms with Crippen molar-refractivity contribution in [3.8, 4) is 0 Å². The van der Waals surface area contributed by atoms with Gasteiger partial charge in [-0.1, -0.05) is 30.9 Å². The highest BCUT2D eigenvalue weighted by Gasteiger charge is 2.38. The number of ether oxygens (including phenoxy) is 1. The third-order valence-electron chi connectivity index (χ3n) is 5.22. The van der Waals surface area contributed by atoms with E-state index in [2.05, 4.69) is 10.2 Å². The molecular weight excluding hydrogens is 331 g/mol. The van der Waals surface area contributed by atoms with Gasteiger partial charge in [0.1, 0.15) is 5.82 Å². The van der Waals surface area contributed by atoms with E-state index in [-0.39, 0.29) is 11.1 Å². The number of amides is 1. The Labute approximate surface area is 147 Å². The summed E-state index contributed by atoms with van der Waals surface area (Å²) in [6.45, 7) is 3.79. The Kier molecular flexibility index (Phi) is 5.74. The van der Waals surface area contributed by atoms with Gasteiger partial charge in [0.25, 0.3) is 5.91 Å². The number of carbonyl (C=O) groups is 1. The number of hydrogen-bond acceptors (Lipinski definition) is 3. The molecule has 0 spiro atoms. The lowest BCUT2D eigenvalue weighted by molar-refractivity contribution is -0.0361. The minimum absolute atomic E-state index is 0.00966. The van der Waals surface area contributed by atoms with Crippen molar-refractivity contribution < 1.29 is 13.9 Å². The fraction of sp³-hybridized carbons (Fsp3) is 0.611. The lowest BCUT2D eigenvalue weighted by Gasteiger charge is -2.48. The highest BCUT2D eigenvalue weighted by Crippen LogP contribution is 2.34. The van der Waals surface area contributed by atoms with E-state index < -0.39 is 11.7 Å². The highest BCUT2D eigenvalue weighted by atomic mass is 35.5. The maximum Gasteiger partial charge on any atom is 0.254 e. The second-order valence-corrected chi connectivity index (χ2v) is 7.13. The first-order valence-corrected chi connectivity index (χ1v) is 9.05. The molecule has 1 amide bonds. The minimum atomic E-state index is -0.541. The van der Waals surface area contributed by atoms with Crippen LogP contribution in [0.1, 0.15) is 42.5 Å². The molecule has 1 aliphatic carbocycles. The van der Waals surface area contributed by atoms with E-state index in [1.165, 1.54) is 37.5 Å². The van der Waals surface area contributed by atoms with Crippen molar-refractivity contribution in [2.24, 2.45) is 0 Å². The number of rotatable bonds is 4. The molecule has 132 valence electrons. The Balaban J connectivity index is 1.71. The molecule has 1 aliphatic heterocycles. The molecule has 0 unspecified atom stereocenters. The van der Waals surface area contributed by atoms with Gasteiger partial charge in [0.15, 0.2) is 0 Å². The Morgan fingerprint density at radius 1 is 1.25 bits per heavy atom. The molecule has 1 aromatic carbocycles. The number of carbonyl (C=O) groups excluding carboxylic acids is 1. The SMILES string of the molecule is O=C(NCC1(N2CCOCC2)CCCCC1)c1cc(Cl)ccc1F. The monoisotopic (exact) mass is 354 g/mol. The highest BCUT2D eigenvalue weighted by molar-refractivity contribution is 6.31. The van der Waals surface area contributed by atoms with Crippen molar-refractivity contribution in [2.45, 2.75) is 37.6 Å². The number of hydrogen-bond donors (Lipinski definition) is 1. The Morgan fingerprint density at radius 2 is 1.96 bits per heavy atom. The van der Waals surface area contributed by atoms with E-state index >= 15 is 0 Å². The van der Waals surface area contributed by atoms with Crippen molar-refractivity contribution in [1.82, 2.24) is 10.2 Å². The Bertz CT molecular complexity index is 584. The number of morpholine rings is 1. The Hall–Kier alpha value is -1.17. The first-order chi connectivity index (χ1) is 11.6. The van der Waals surface area contributed by atoms with Gasteiger partial charge in [0, 0.05) is 30.2 Å². The average Bonchev–Trinajstić information content (AvgIpc) is 2.63. The van der Waals surface area contributed by atoms with Crippen LogP contribution in [0.15, 0.2) is 18.2 Å². The maximum absolute atomic E-state index is 13.9. The summed E-state index contributed by atoms with van der Waals surface area (Å²) < 4.78 is 19.4. The summed E-state index contributed by atoms with van der Waals surface area (Å²) in [6.07, 6.45) is 5.69. The number of nitrogens with one attached hydrogen (secondary N) is 1. The number of nitrogens with zero attached hydrogens (tertiary/aromatic N) is 1. The molecule has 0 atom stereocenters. The summed E-state index contributed by atoms with van der Waals surface area (Å²) in [4.78, 5) is 14.9. The topological polar surface area (TPSA) is 41.6 Å². The van der Waals surface area contributed by atoms with Gasteiger partial charge >= 0.3 is 0 Å². The first kappa shape index (κ1) is 17.6. The molecule has 1 N–H and O–H groups in total. The van der Waals surface area contributed by atoms with Gasteiger partial charge in [0.2, 0.25) is 0 Å². The largest absolute Gasteiger partial charge is 0.379 e. The summed E-state index contributed by atoms with van der Waals surface area (Å²) in [7, 11) is 0. The van der Waals surface area contributed by atoms with Crippen molar-refractivity contribution in [3.63, 3.8) is 0 Å². The van der Waals surface area contributed by atoms with Crippen molar-refractivity contribution >= 4 is 17.5 Å². The molecule has 1 saturated heterocycles. The molecule has 2 fully saturated rings. The van der Waals surface area contributed by atoms with E-state index in [9.17, 15) is 9.18 Å². The molecule has 1 aromatic rings. The number of benzene rings is 1. The summed E-state index contributed by atoms with van der Waals surface area (Å²) >= 11 is 5.89. The zero-order valence-electron chi connectivity index (χ0n) is 13.8. The molecule has 0 aromatic heterocycles. The van der Waals surface area contributed by atoms with Crippen LogP contribution in [0.4, 0.5) is 4.39 Å². The van der Waals surface area contributed by atoms with Crippen LogP contribution in [0.2, 0.25) is 5.02 Å². The van der Waals surface area contributed by atoms with Gasteiger partial charge in [-0.05, 0) is 31.0 Å². The predicted molar refractivity (Wildman–Crippen MR) is 92.0 cm³/mol. The molecule has 3 rings (SSSR count). The molecule has 0 radical (unpaired) electrons. The molecule has 2 aliphatic rings. The van der Waals surface area contributed by atoms with Crippen LogP contribution >= 0.6 is 11.6 Å². The van der Waals surface area contributed by atoms with Gasteiger partial charge in [0.05, 0.1) is 18.8 Å². The van der Waals surface area contributed by atoms with E-state index in [4.69, 9.17) is 16.3 Å². The van der Waals surface area contributed by atoms with Gasteiger partial charge in [-0.2, -0.15) is 0 Å². The van der Waals surface area contributed by atoms with Gasteiger partial charge in [-0.3, -0.25) is 9.69 Å². The fourth-order valence-corrected chi connectivity index (χ4v) is 4.04. The third-order valence-corrected chi connectivity index (χ3v) is 5.45. The van der Waals surface area contributed by atoms with E-state index in [0.29, 0.717) is 11.6 Å². The average molecular weight is 355 g/mol. The second-order valence-electron chi connectivity index (χ2n) is 6.69. The first-order valence-electron chi connectivity index (χ1n) is 8.67. The number of halogens is 2. The van der Waals surface area contributed by atoms with Gasteiger partial charge < -0.3 is 10.1 Å². The van der Waals surface area contributed by atoms with Gasteiger partial charge in [-0.25, -0.2) is 4.39 Å². The second kappa shape index (κ2) is 7.81. The Morgan fingerprint density at radius 3 is 2.67 bits per heavy atom. The standard InChI is InChI=1S/C18H24ClFN2O2/c19-14-4-5-16(20)15(12-14)17(23)21-13-18(6-2-1-3-7-18)22-8-10-24-11-9-22/h4-5,12H,1-3,6-11,13H2,(H,21,23). The quantitative estimate of drug-likeness (QED) is 0.902. The van der Waals surface area contributed by atoms with E-state index in [0.717, 1.165) is 39.1 Å². The van der Waals surface area contributed by atoms with Crippen LogP contribution in [0.25, 0.3) is 0 Å². The molecule has 4 nitrogen and oxygen atoms in total. The molecule has 1 saturated carbocycles. The smallest absolute Gasteiger partial charge is 0.254 e. The summed E-state index contributed by atoms with van der Waals surface area (Å²) in [5.41, 5.74) is -0.0253. The maximum atomic E-state index is 13.9. The van der Waals surface area contributed by atoms with Crippen LogP contribution in [0.5, 0.6) is 0 Å². The molecule has 0 bridgehead atoms.